The summed E-state index contributed by atoms with van der Waals surface area (Å²) in [6.07, 6.45) is 1.92. The molecule has 1 aromatic rings. The summed E-state index contributed by atoms with van der Waals surface area (Å²) in [5.41, 5.74) is 1.68. The van der Waals surface area contributed by atoms with Crippen LogP contribution in [0.3, 0.4) is 0 Å². The predicted molar refractivity (Wildman–Crippen MR) is 46.5 cm³/mol. The molecule has 0 heterocycles. The van der Waals surface area contributed by atoms with E-state index in [1.165, 1.54) is 5.56 Å². The van der Waals surface area contributed by atoms with E-state index in [0.29, 0.717) is 5.54 Å². The van der Waals surface area contributed by atoms with Gasteiger partial charge in [0.1, 0.15) is 0 Å². The van der Waals surface area contributed by atoms with Crippen molar-refractivity contribution in [3.63, 3.8) is 0 Å². The summed E-state index contributed by atoms with van der Waals surface area (Å²) in [7, 11) is 2.73. The lowest BCUT2D eigenvalue weighted by molar-refractivity contribution is 1.22. The van der Waals surface area contributed by atoms with Gasteiger partial charge in [0, 0.05) is 10.2 Å². The minimum atomic E-state index is 0.390. The van der Waals surface area contributed by atoms with Crippen molar-refractivity contribution in [2.24, 2.45) is 0 Å². The second-order valence-corrected chi connectivity index (χ2v) is 2.89. The Labute approximate surface area is 65.0 Å². The van der Waals surface area contributed by atoms with E-state index in [1.807, 2.05) is 24.3 Å². The zero-order valence-electron chi connectivity index (χ0n) is 5.83. The molecule has 1 unspecified atom stereocenters. The molecule has 1 rings (SSSR count). The molecule has 0 aliphatic carbocycles. The minimum Gasteiger partial charge on any atom is -0.103 e. The maximum Gasteiger partial charge on any atom is 0.0302 e. The summed E-state index contributed by atoms with van der Waals surface area (Å²) in [6.45, 7) is 3.72. The molecular formula is C9H10Si. The van der Waals surface area contributed by atoms with Crippen molar-refractivity contribution >= 4 is 10.2 Å². The van der Waals surface area contributed by atoms with E-state index in [4.69, 9.17) is 0 Å². The summed E-state index contributed by atoms with van der Waals surface area (Å²) in [5.74, 6) is 0. The molecule has 0 bridgehead atoms. The first-order chi connectivity index (χ1) is 4.84. The molecule has 0 spiro atoms. The van der Waals surface area contributed by atoms with Crippen molar-refractivity contribution in [3.8, 4) is 0 Å². The van der Waals surface area contributed by atoms with E-state index < -0.39 is 0 Å². The largest absolute Gasteiger partial charge is 0.103 e. The van der Waals surface area contributed by atoms with Crippen LogP contribution in [0.15, 0.2) is 43.0 Å². The summed E-state index contributed by atoms with van der Waals surface area (Å²) < 4.78 is 0. The fourth-order valence-electron chi connectivity index (χ4n) is 0.811. The lowest BCUT2D eigenvalue weighted by atomic mass is 10.1. The molecule has 1 atom stereocenters. The van der Waals surface area contributed by atoms with Crippen LogP contribution >= 0.6 is 0 Å². The summed E-state index contributed by atoms with van der Waals surface area (Å²) in [6, 6.07) is 10.3. The second kappa shape index (κ2) is 3.37. The Morgan fingerprint density at radius 3 is 2.40 bits per heavy atom. The van der Waals surface area contributed by atoms with Crippen molar-refractivity contribution in [3.05, 3.63) is 48.6 Å². The Morgan fingerprint density at radius 2 is 1.90 bits per heavy atom. The van der Waals surface area contributed by atoms with Crippen LogP contribution in [0.25, 0.3) is 0 Å². The molecule has 1 heteroatoms. The SMILES string of the molecule is C=CC([SiH])c1ccccc1. The maximum atomic E-state index is 3.72. The molecule has 0 saturated carbocycles. The Hall–Kier alpha value is -0.823. The smallest absolute Gasteiger partial charge is 0.0302 e. The number of rotatable bonds is 2. The molecule has 0 amide bonds. The third-order valence-corrected chi connectivity index (χ3v) is 2.10. The van der Waals surface area contributed by atoms with E-state index in [-0.39, 0.29) is 0 Å². The average molecular weight is 146 g/mol. The van der Waals surface area contributed by atoms with Crippen LogP contribution in [0.5, 0.6) is 0 Å². The third kappa shape index (κ3) is 1.58. The molecule has 0 aliphatic rings. The number of hydrogen-bond acceptors (Lipinski definition) is 0. The van der Waals surface area contributed by atoms with E-state index >= 15 is 0 Å². The highest BCUT2D eigenvalue weighted by atomic mass is 28.1. The van der Waals surface area contributed by atoms with Gasteiger partial charge < -0.3 is 0 Å². The van der Waals surface area contributed by atoms with Crippen molar-refractivity contribution in [2.75, 3.05) is 0 Å². The quantitative estimate of drug-likeness (QED) is 0.441. The van der Waals surface area contributed by atoms with Crippen LogP contribution in [0.2, 0.25) is 0 Å². The van der Waals surface area contributed by atoms with Crippen molar-refractivity contribution in [1.29, 1.82) is 0 Å². The molecule has 2 radical (unpaired) electrons. The predicted octanol–water partition coefficient (Wildman–Crippen LogP) is 1.81. The first kappa shape index (κ1) is 7.29. The standard InChI is InChI=1S/C9H10Si/c1-2-9(10)8-6-4-3-5-7-8/h2-7,9-10H,1H2. The van der Waals surface area contributed by atoms with Gasteiger partial charge in [0.15, 0.2) is 0 Å². The molecule has 0 aliphatic heterocycles. The van der Waals surface area contributed by atoms with Gasteiger partial charge in [-0.15, -0.1) is 6.58 Å². The average Bonchev–Trinajstić information content (AvgIpc) is 2.05. The first-order valence-electron chi connectivity index (χ1n) is 3.27. The molecule has 0 N–H and O–H groups in total. The van der Waals surface area contributed by atoms with Crippen LogP contribution in [0.1, 0.15) is 11.1 Å². The first-order valence-corrected chi connectivity index (χ1v) is 3.94. The van der Waals surface area contributed by atoms with Crippen LogP contribution in [0, 0.1) is 0 Å². The Morgan fingerprint density at radius 1 is 1.30 bits per heavy atom. The fourth-order valence-corrected chi connectivity index (χ4v) is 1.03. The van der Waals surface area contributed by atoms with E-state index in [1.54, 1.807) is 0 Å². The van der Waals surface area contributed by atoms with Crippen molar-refractivity contribution < 1.29 is 0 Å². The van der Waals surface area contributed by atoms with E-state index in [2.05, 4.69) is 29.0 Å². The molecule has 0 saturated heterocycles. The molecule has 0 fully saturated rings. The normalized spacial score (nSPS) is 12.5. The highest BCUT2D eigenvalue weighted by Crippen LogP contribution is 2.10. The van der Waals surface area contributed by atoms with Gasteiger partial charge in [-0.3, -0.25) is 0 Å². The Bertz CT molecular complexity index is 203. The monoisotopic (exact) mass is 146 g/mol. The maximum absolute atomic E-state index is 3.72. The zero-order chi connectivity index (χ0) is 7.40. The van der Waals surface area contributed by atoms with Crippen LogP contribution in [0.4, 0.5) is 0 Å². The molecule has 50 valence electrons. The molecule has 10 heavy (non-hydrogen) atoms. The lowest BCUT2D eigenvalue weighted by Crippen LogP contribution is -1.91. The van der Waals surface area contributed by atoms with Gasteiger partial charge >= 0.3 is 0 Å². The summed E-state index contributed by atoms with van der Waals surface area (Å²) in [5, 5.41) is 0. The number of hydrogen-bond donors (Lipinski definition) is 0. The van der Waals surface area contributed by atoms with Gasteiger partial charge in [-0.1, -0.05) is 36.4 Å². The number of benzene rings is 1. The second-order valence-electron chi connectivity index (χ2n) is 2.17. The van der Waals surface area contributed by atoms with Gasteiger partial charge in [-0.2, -0.15) is 0 Å². The van der Waals surface area contributed by atoms with Crippen LogP contribution in [-0.2, 0) is 0 Å². The van der Waals surface area contributed by atoms with E-state index in [0.717, 1.165) is 0 Å². The van der Waals surface area contributed by atoms with Gasteiger partial charge in [0.25, 0.3) is 0 Å². The zero-order valence-corrected chi connectivity index (χ0v) is 6.98. The highest BCUT2D eigenvalue weighted by molar-refractivity contribution is 6.13. The van der Waals surface area contributed by atoms with Gasteiger partial charge in [-0.05, 0) is 11.1 Å². The minimum absolute atomic E-state index is 0.390. The van der Waals surface area contributed by atoms with Crippen LogP contribution < -0.4 is 0 Å². The van der Waals surface area contributed by atoms with Crippen molar-refractivity contribution in [1.82, 2.24) is 0 Å². The molecular weight excluding hydrogens is 136 g/mol. The van der Waals surface area contributed by atoms with Crippen LogP contribution in [-0.4, -0.2) is 10.2 Å². The van der Waals surface area contributed by atoms with Crippen molar-refractivity contribution in [2.45, 2.75) is 5.54 Å². The van der Waals surface area contributed by atoms with Gasteiger partial charge in [-0.25, -0.2) is 0 Å². The lowest BCUT2D eigenvalue weighted by Gasteiger charge is -2.03. The fraction of sp³-hybridized carbons (Fsp3) is 0.111. The van der Waals surface area contributed by atoms with E-state index in [9.17, 15) is 0 Å². The third-order valence-electron chi connectivity index (χ3n) is 1.44. The van der Waals surface area contributed by atoms with Gasteiger partial charge in [0.2, 0.25) is 0 Å². The summed E-state index contributed by atoms with van der Waals surface area (Å²) in [4.78, 5) is 0. The molecule has 0 nitrogen and oxygen atoms in total. The van der Waals surface area contributed by atoms with Gasteiger partial charge in [0.05, 0.1) is 0 Å². The Balaban J connectivity index is 2.84. The number of allylic oxidation sites excluding steroid dienone is 1. The summed E-state index contributed by atoms with van der Waals surface area (Å²) >= 11 is 0. The topological polar surface area (TPSA) is 0 Å². The Kier molecular flexibility index (Phi) is 2.46. The molecule has 0 aromatic heterocycles. The highest BCUT2D eigenvalue weighted by Gasteiger charge is 1.96. The molecule has 1 aromatic carbocycles.